The summed E-state index contributed by atoms with van der Waals surface area (Å²) >= 11 is 0. The zero-order valence-corrected chi connectivity index (χ0v) is 9.49. The van der Waals surface area contributed by atoms with Gasteiger partial charge in [0.25, 0.3) is 0 Å². The van der Waals surface area contributed by atoms with Crippen molar-refractivity contribution in [1.29, 1.82) is 0 Å². The Morgan fingerprint density at radius 2 is 2.07 bits per heavy atom. The summed E-state index contributed by atoms with van der Waals surface area (Å²) in [4.78, 5) is 13.6. The third-order valence-electron chi connectivity index (χ3n) is 3.50. The van der Waals surface area contributed by atoms with Crippen molar-refractivity contribution < 1.29 is 4.79 Å². The van der Waals surface area contributed by atoms with Gasteiger partial charge in [0, 0.05) is 12.6 Å². The summed E-state index contributed by atoms with van der Waals surface area (Å²) in [6.45, 7) is 7.36. The molecule has 1 heterocycles. The van der Waals surface area contributed by atoms with Crippen LogP contribution < -0.4 is 5.73 Å². The Kier molecular flexibility index (Phi) is 3.93. The lowest BCUT2D eigenvalue weighted by atomic mass is 9.94. The number of hydrogen-bond acceptors (Lipinski definition) is 2. The van der Waals surface area contributed by atoms with Crippen molar-refractivity contribution >= 4 is 5.91 Å². The van der Waals surface area contributed by atoms with Crippen molar-refractivity contribution in [3.05, 3.63) is 0 Å². The first-order valence-corrected chi connectivity index (χ1v) is 5.67. The van der Waals surface area contributed by atoms with Crippen molar-refractivity contribution in [2.24, 2.45) is 11.7 Å². The van der Waals surface area contributed by atoms with Gasteiger partial charge in [0.05, 0.1) is 6.04 Å². The minimum Gasteiger partial charge on any atom is -0.338 e. The van der Waals surface area contributed by atoms with Crippen LogP contribution in [0.4, 0.5) is 0 Å². The first-order chi connectivity index (χ1) is 6.61. The van der Waals surface area contributed by atoms with Crippen LogP contribution in [0.15, 0.2) is 0 Å². The van der Waals surface area contributed by atoms with Crippen LogP contribution in [0.2, 0.25) is 0 Å². The number of likely N-dealkylation sites (tertiary alicyclic amines) is 1. The molecule has 0 spiro atoms. The molecule has 1 amide bonds. The van der Waals surface area contributed by atoms with Gasteiger partial charge in [-0.05, 0) is 19.3 Å². The van der Waals surface area contributed by atoms with Crippen molar-refractivity contribution in [2.45, 2.75) is 52.1 Å². The van der Waals surface area contributed by atoms with E-state index in [0.717, 1.165) is 25.8 Å². The maximum atomic E-state index is 11.7. The van der Waals surface area contributed by atoms with Crippen molar-refractivity contribution in [2.75, 3.05) is 6.54 Å². The standard InChI is InChI=1S/C11H22N2O/c1-4-9(5-2)8(3)13-7-6-10(12)11(13)14/h8-10H,4-7,12H2,1-3H3. The molecule has 0 radical (unpaired) electrons. The fourth-order valence-corrected chi connectivity index (χ4v) is 2.35. The van der Waals surface area contributed by atoms with E-state index in [1.165, 1.54) is 0 Å². The van der Waals surface area contributed by atoms with Crippen LogP contribution in [0.3, 0.4) is 0 Å². The highest BCUT2D eigenvalue weighted by Crippen LogP contribution is 2.22. The van der Waals surface area contributed by atoms with Gasteiger partial charge in [-0.3, -0.25) is 4.79 Å². The van der Waals surface area contributed by atoms with Crippen LogP contribution in [0, 0.1) is 5.92 Å². The second kappa shape index (κ2) is 4.78. The average molecular weight is 198 g/mol. The molecule has 82 valence electrons. The Balaban J connectivity index is 2.60. The number of carbonyl (C=O) groups is 1. The van der Waals surface area contributed by atoms with E-state index in [-0.39, 0.29) is 11.9 Å². The molecule has 0 aromatic rings. The van der Waals surface area contributed by atoms with Gasteiger partial charge in [-0.1, -0.05) is 26.7 Å². The molecular formula is C11H22N2O. The van der Waals surface area contributed by atoms with E-state index in [1.54, 1.807) is 0 Å². The van der Waals surface area contributed by atoms with Crippen molar-refractivity contribution in [1.82, 2.24) is 4.90 Å². The largest absolute Gasteiger partial charge is 0.338 e. The van der Waals surface area contributed by atoms with E-state index in [9.17, 15) is 4.79 Å². The predicted octanol–water partition coefficient (Wildman–Crippen LogP) is 1.37. The maximum absolute atomic E-state index is 11.7. The van der Waals surface area contributed by atoms with E-state index >= 15 is 0 Å². The Morgan fingerprint density at radius 1 is 1.50 bits per heavy atom. The lowest BCUT2D eigenvalue weighted by Crippen LogP contribution is -2.42. The molecule has 0 saturated carbocycles. The molecule has 1 rings (SSSR count). The molecule has 2 atom stereocenters. The Bertz CT molecular complexity index is 201. The fraction of sp³-hybridized carbons (Fsp3) is 0.909. The number of nitrogens with two attached hydrogens (primary N) is 1. The van der Waals surface area contributed by atoms with E-state index < -0.39 is 0 Å². The van der Waals surface area contributed by atoms with Crippen molar-refractivity contribution in [3.63, 3.8) is 0 Å². The number of nitrogens with zero attached hydrogens (tertiary/aromatic N) is 1. The van der Waals surface area contributed by atoms with Crippen LogP contribution in [0.5, 0.6) is 0 Å². The molecule has 0 aromatic carbocycles. The molecular weight excluding hydrogens is 176 g/mol. The molecule has 0 aliphatic carbocycles. The summed E-state index contributed by atoms with van der Waals surface area (Å²) in [5.74, 6) is 0.758. The summed E-state index contributed by atoms with van der Waals surface area (Å²) < 4.78 is 0. The van der Waals surface area contributed by atoms with Gasteiger partial charge in [-0.15, -0.1) is 0 Å². The summed E-state index contributed by atoms with van der Waals surface area (Å²) in [6, 6.07) is 0.109. The third kappa shape index (κ3) is 2.08. The minimum absolute atomic E-state index is 0.143. The number of rotatable bonds is 4. The zero-order valence-electron chi connectivity index (χ0n) is 9.49. The molecule has 1 saturated heterocycles. The van der Waals surface area contributed by atoms with Crippen LogP contribution in [0.1, 0.15) is 40.0 Å². The van der Waals surface area contributed by atoms with Gasteiger partial charge < -0.3 is 10.6 Å². The van der Waals surface area contributed by atoms with Crippen molar-refractivity contribution in [3.8, 4) is 0 Å². The van der Waals surface area contributed by atoms with E-state index in [2.05, 4.69) is 20.8 Å². The maximum Gasteiger partial charge on any atom is 0.239 e. The normalized spacial score (nSPS) is 24.8. The highest BCUT2D eigenvalue weighted by molar-refractivity contribution is 5.83. The second-order valence-corrected chi connectivity index (χ2v) is 4.24. The molecule has 1 aliphatic rings. The number of carbonyl (C=O) groups excluding carboxylic acids is 1. The Morgan fingerprint density at radius 3 is 2.43 bits per heavy atom. The minimum atomic E-state index is -0.244. The fourth-order valence-electron chi connectivity index (χ4n) is 2.35. The molecule has 3 nitrogen and oxygen atoms in total. The Labute approximate surface area is 86.6 Å². The first-order valence-electron chi connectivity index (χ1n) is 5.67. The summed E-state index contributed by atoms with van der Waals surface area (Å²) in [5, 5.41) is 0. The third-order valence-corrected chi connectivity index (χ3v) is 3.50. The lowest BCUT2D eigenvalue weighted by molar-refractivity contribution is -0.131. The molecule has 0 bridgehead atoms. The monoisotopic (exact) mass is 198 g/mol. The van der Waals surface area contributed by atoms with E-state index in [1.807, 2.05) is 4.90 Å². The number of amides is 1. The smallest absolute Gasteiger partial charge is 0.239 e. The molecule has 2 N–H and O–H groups in total. The lowest BCUT2D eigenvalue weighted by Gasteiger charge is -2.30. The van der Waals surface area contributed by atoms with Gasteiger partial charge in [-0.25, -0.2) is 0 Å². The highest BCUT2D eigenvalue weighted by Gasteiger charge is 2.33. The van der Waals surface area contributed by atoms with Gasteiger partial charge in [0.15, 0.2) is 0 Å². The predicted molar refractivity (Wildman–Crippen MR) is 57.8 cm³/mol. The summed E-state index contributed by atoms with van der Waals surface area (Å²) in [6.07, 6.45) is 3.09. The molecule has 14 heavy (non-hydrogen) atoms. The highest BCUT2D eigenvalue weighted by atomic mass is 16.2. The molecule has 2 unspecified atom stereocenters. The molecule has 1 aliphatic heterocycles. The molecule has 1 fully saturated rings. The van der Waals surface area contributed by atoms with Gasteiger partial charge in [-0.2, -0.15) is 0 Å². The average Bonchev–Trinajstić information content (AvgIpc) is 2.49. The topological polar surface area (TPSA) is 46.3 Å². The van der Waals surface area contributed by atoms with Crippen LogP contribution in [0.25, 0.3) is 0 Å². The first kappa shape index (κ1) is 11.5. The van der Waals surface area contributed by atoms with Gasteiger partial charge in [0.2, 0.25) is 5.91 Å². The van der Waals surface area contributed by atoms with Crippen LogP contribution >= 0.6 is 0 Å². The van der Waals surface area contributed by atoms with E-state index in [0.29, 0.717) is 12.0 Å². The second-order valence-electron chi connectivity index (χ2n) is 4.24. The summed E-state index contributed by atoms with van der Waals surface area (Å²) in [5.41, 5.74) is 5.70. The van der Waals surface area contributed by atoms with Gasteiger partial charge >= 0.3 is 0 Å². The molecule has 0 aromatic heterocycles. The van der Waals surface area contributed by atoms with Gasteiger partial charge in [0.1, 0.15) is 0 Å². The molecule has 3 heteroatoms. The summed E-state index contributed by atoms with van der Waals surface area (Å²) in [7, 11) is 0. The Hall–Kier alpha value is -0.570. The number of hydrogen-bond donors (Lipinski definition) is 1. The zero-order chi connectivity index (χ0) is 10.7. The quantitative estimate of drug-likeness (QED) is 0.741. The van der Waals surface area contributed by atoms with Crippen LogP contribution in [-0.4, -0.2) is 29.4 Å². The van der Waals surface area contributed by atoms with Crippen LogP contribution in [-0.2, 0) is 4.79 Å². The SMILES string of the molecule is CCC(CC)C(C)N1CCC(N)C1=O. The van der Waals surface area contributed by atoms with E-state index in [4.69, 9.17) is 5.73 Å².